The maximum atomic E-state index is 13.5. The van der Waals surface area contributed by atoms with Crippen molar-refractivity contribution in [2.45, 2.75) is 4.90 Å². The molecule has 2 nitrogen and oxygen atoms in total. The molecule has 0 spiro atoms. The number of Topliss-reactive ketones (excluding diaryl/α,β-unsaturated/α-hetero) is 1. The molecule has 0 amide bonds. The van der Waals surface area contributed by atoms with Crippen molar-refractivity contribution in [1.29, 1.82) is 0 Å². The Bertz CT molecular complexity index is 811. The van der Waals surface area contributed by atoms with Gasteiger partial charge in [0.25, 0.3) is 0 Å². The van der Waals surface area contributed by atoms with Crippen molar-refractivity contribution < 1.29 is 18.0 Å². The van der Waals surface area contributed by atoms with Gasteiger partial charge in [0.05, 0.1) is 11.3 Å². The highest BCUT2D eigenvalue weighted by Crippen LogP contribution is 2.26. The first-order valence-corrected chi connectivity index (χ1v) is 7.21. The Balaban J connectivity index is 1.79. The summed E-state index contributed by atoms with van der Waals surface area (Å²) in [5.74, 6) is -1.23. The maximum absolute atomic E-state index is 13.5. The van der Waals surface area contributed by atoms with Crippen LogP contribution in [0.2, 0.25) is 0 Å². The van der Waals surface area contributed by atoms with Crippen LogP contribution in [0.1, 0.15) is 10.4 Å². The van der Waals surface area contributed by atoms with Crippen molar-refractivity contribution in [3.05, 3.63) is 65.9 Å². The number of hydrogen-bond acceptors (Lipinski definition) is 3. The van der Waals surface area contributed by atoms with Crippen LogP contribution in [0, 0.1) is 11.6 Å². The fraction of sp³-hybridized carbons (Fsp3) is 0.0625. The van der Waals surface area contributed by atoms with E-state index in [9.17, 15) is 13.6 Å². The number of carbonyl (C=O) groups is 1. The van der Waals surface area contributed by atoms with E-state index in [-0.39, 0.29) is 16.4 Å². The average molecular weight is 304 g/mol. The van der Waals surface area contributed by atoms with Crippen molar-refractivity contribution in [3.8, 4) is 0 Å². The molecule has 0 unspecified atom stereocenters. The first-order valence-electron chi connectivity index (χ1n) is 6.22. The van der Waals surface area contributed by atoms with Gasteiger partial charge in [0.1, 0.15) is 23.5 Å². The molecule has 1 aromatic heterocycles. The molecule has 0 saturated heterocycles. The zero-order chi connectivity index (χ0) is 14.8. The summed E-state index contributed by atoms with van der Waals surface area (Å²) in [5, 5.41) is 0.725. The monoisotopic (exact) mass is 304 g/mol. The van der Waals surface area contributed by atoms with Crippen LogP contribution in [-0.4, -0.2) is 11.5 Å². The minimum atomic E-state index is -0.536. The average Bonchev–Trinajstić information content (AvgIpc) is 2.92. The summed E-state index contributed by atoms with van der Waals surface area (Å²) in [6, 6.07) is 10.4. The second kappa shape index (κ2) is 5.69. The van der Waals surface area contributed by atoms with Gasteiger partial charge in [0.15, 0.2) is 5.78 Å². The molecule has 0 aliphatic heterocycles. The van der Waals surface area contributed by atoms with E-state index in [0.717, 1.165) is 35.3 Å². The lowest BCUT2D eigenvalue weighted by Crippen LogP contribution is -2.01. The maximum Gasteiger partial charge on any atom is 0.176 e. The number of hydrogen-bond donors (Lipinski definition) is 0. The summed E-state index contributed by atoms with van der Waals surface area (Å²) in [6.45, 7) is 0. The van der Waals surface area contributed by atoms with Crippen molar-refractivity contribution in [1.82, 2.24) is 0 Å². The number of thioether (sulfide) groups is 1. The molecule has 0 saturated carbocycles. The molecule has 0 radical (unpaired) electrons. The van der Waals surface area contributed by atoms with Crippen molar-refractivity contribution in [2.75, 3.05) is 5.75 Å². The Morgan fingerprint density at radius 1 is 1.14 bits per heavy atom. The van der Waals surface area contributed by atoms with E-state index in [4.69, 9.17) is 4.42 Å². The van der Waals surface area contributed by atoms with Gasteiger partial charge in [-0.3, -0.25) is 4.79 Å². The molecule has 1 heterocycles. The fourth-order valence-corrected chi connectivity index (χ4v) is 2.85. The summed E-state index contributed by atoms with van der Waals surface area (Å²) < 4.78 is 31.9. The molecule has 0 fully saturated rings. The van der Waals surface area contributed by atoms with Crippen LogP contribution in [0.25, 0.3) is 11.0 Å². The normalized spacial score (nSPS) is 11.0. The number of carbonyl (C=O) groups excluding carboxylic acids is 1. The predicted molar refractivity (Wildman–Crippen MR) is 77.6 cm³/mol. The molecule has 5 heteroatoms. The smallest absolute Gasteiger partial charge is 0.176 e. The van der Waals surface area contributed by atoms with E-state index in [1.165, 1.54) is 6.26 Å². The third kappa shape index (κ3) is 2.83. The molecular formula is C16H10F2O2S. The molecule has 0 bridgehead atoms. The molecule has 0 N–H and O–H groups in total. The van der Waals surface area contributed by atoms with Crippen molar-refractivity contribution >= 4 is 28.5 Å². The lowest BCUT2D eigenvalue weighted by atomic mass is 10.1. The van der Waals surface area contributed by atoms with Gasteiger partial charge in [-0.1, -0.05) is 18.2 Å². The molecule has 21 heavy (non-hydrogen) atoms. The first kappa shape index (κ1) is 13.8. The van der Waals surface area contributed by atoms with E-state index in [0.29, 0.717) is 11.1 Å². The van der Waals surface area contributed by atoms with Crippen LogP contribution in [0.15, 0.2) is 58.0 Å². The number of fused-ring (bicyclic) bond motifs is 1. The minimum Gasteiger partial charge on any atom is -0.464 e. The lowest BCUT2D eigenvalue weighted by molar-refractivity contribution is 0.102. The summed E-state index contributed by atoms with van der Waals surface area (Å²) in [6.07, 6.45) is 1.40. The molecule has 106 valence electrons. The van der Waals surface area contributed by atoms with Gasteiger partial charge in [-0.25, -0.2) is 8.78 Å². The molecule has 0 aliphatic carbocycles. The number of rotatable bonds is 4. The second-order valence-electron chi connectivity index (χ2n) is 4.43. The molecule has 3 aromatic rings. The van der Waals surface area contributed by atoms with Crippen LogP contribution >= 0.6 is 11.8 Å². The van der Waals surface area contributed by atoms with Gasteiger partial charge in [-0.15, -0.1) is 11.8 Å². The molecule has 2 aromatic carbocycles. The molecule has 0 aliphatic rings. The highest BCUT2D eigenvalue weighted by molar-refractivity contribution is 8.00. The highest BCUT2D eigenvalue weighted by Gasteiger charge is 2.15. The Labute approximate surface area is 123 Å². The largest absolute Gasteiger partial charge is 0.464 e. The van der Waals surface area contributed by atoms with Crippen molar-refractivity contribution in [2.24, 2.45) is 0 Å². The van der Waals surface area contributed by atoms with Gasteiger partial charge >= 0.3 is 0 Å². The Morgan fingerprint density at radius 2 is 1.95 bits per heavy atom. The van der Waals surface area contributed by atoms with Crippen LogP contribution in [0.4, 0.5) is 8.78 Å². The van der Waals surface area contributed by atoms with E-state index in [1.54, 1.807) is 12.1 Å². The predicted octanol–water partition coefficient (Wildman–Crippen LogP) is 4.69. The zero-order valence-electron chi connectivity index (χ0n) is 10.8. The highest BCUT2D eigenvalue weighted by atomic mass is 32.2. The van der Waals surface area contributed by atoms with Gasteiger partial charge in [0, 0.05) is 10.3 Å². The number of ketones is 1. The molecule has 0 atom stereocenters. The quantitative estimate of drug-likeness (QED) is 0.517. The van der Waals surface area contributed by atoms with Crippen LogP contribution in [-0.2, 0) is 0 Å². The Kier molecular flexibility index (Phi) is 3.75. The van der Waals surface area contributed by atoms with Crippen LogP contribution in [0.3, 0.4) is 0 Å². The number of benzene rings is 2. The van der Waals surface area contributed by atoms with Crippen LogP contribution in [0.5, 0.6) is 0 Å². The summed E-state index contributed by atoms with van der Waals surface area (Å²) >= 11 is 0.970. The summed E-state index contributed by atoms with van der Waals surface area (Å²) in [4.78, 5) is 12.3. The van der Waals surface area contributed by atoms with Gasteiger partial charge < -0.3 is 4.42 Å². The topological polar surface area (TPSA) is 30.2 Å². The summed E-state index contributed by atoms with van der Waals surface area (Å²) in [7, 11) is 0. The first-order chi connectivity index (χ1) is 10.1. The van der Waals surface area contributed by atoms with E-state index >= 15 is 0 Å². The SMILES string of the molecule is O=C(CSc1cc(F)ccc1F)c1coc2ccccc12. The molecular weight excluding hydrogens is 294 g/mol. The number of para-hydroxylation sites is 1. The zero-order valence-corrected chi connectivity index (χ0v) is 11.6. The summed E-state index contributed by atoms with van der Waals surface area (Å²) in [5.41, 5.74) is 1.08. The minimum absolute atomic E-state index is 0.0178. The van der Waals surface area contributed by atoms with Gasteiger partial charge in [0.2, 0.25) is 0 Å². The van der Waals surface area contributed by atoms with Gasteiger partial charge in [-0.2, -0.15) is 0 Å². The number of halogens is 2. The third-order valence-electron chi connectivity index (χ3n) is 3.03. The third-order valence-corrected chi connectivity index (χ3v) is 4.06. The van der Waals surface area contributed by atoms with E-state index in [2.05, 4.69) is 0 Å². The van der Waals surface area contributed by atoms with Crippen molar-refractivity contribution in [3.63, 3.8) is 0 Å². The van der Waals surface area contributed by atoms with E-state index < -0.39 is 11.6 Å². The Hall–Kier alpha value is -2.14. The van der Waals surface area contributed by atoms with Gasteiger partial charge in [-0.05, 0) is 24.3 Å². The Morgan fingerprint density at radius 3 is 2.81 bits per heavy atom. The lowest BCUT2D eigenvalue weighted by Gasteiger charge is -2.02. The number of furan rings is 1. The fourth-order valence-electron chi connectivity index (χ4n) is 2.00. The van der Waals surface area contributed by atoms with E-state index in [1.807, 2.05) is 12.1 Å². The second-order valence-corrected chi connectivity index (χ2v) is 5.45. The van der Waals surface area contributed by atoms with Crippen LogP contribution < -0.4 is 0 Å². The molecule has 3 rings (SSSR count). The standard InChI is InChI=1S/C16H10F2O2S/c17-10-5-6-13(18)16(7-10)21-9-14(19)12-8-20-15-4-2-1-3-11(12)15/h1-8H,9H2.